The van der Waals surface area contributed by atoms with Gasteiger partial charge in [0.2, 0.25) is 0 Å². The minimum absolute atomic E-state index is 0.0776. The number of hydrogen-bond donors (Lipinski definition) is 1. The molecule has 16 heavy (non-hydrogen) atoms. The van der Waals surface area contributed by atoms with Crippen LogP contribution in [0.1, 0.15) is 10.4 Å². The molecule has 80 valence electrons. The van der Waals surface area contributed by atoms with Gasteiger partial charge in [0.1, 0.15) is 0 Å². The van der Waals surface area contributed by atoms with Gasteiger partial charge in [0, 0.05) is 36.1 Å². The molecule has 1 amide bonds. The zero-order valence-electron chi connectivity index (χ0n) is 9.24. The number of nitrogens with zero attached hydrogens (tertiary/aromatic N) is 1. The van der Waals surface area contributed by atoms with Crippen LogP contribution in [0.15, 0.2) is 30.3 Å². The Hall–Kier alpha value is -2.03. The topological polar surface area (TPSA) is 32.3 Å². The molecule has 2 aromatic carbocycles. The molecule has 3 rings (SSSR count). The summed E-state index contributed by atoms with van der Waals surface area (Å²) in [5, 5.41) is 5.32. The number of rotatable bonds is 1. The van der Waals surface area contributed by atoms with E-state index < -0.39 is 0 Å². The van der Waals surface area contributed by atoms with Gasteiger partial charge >= 0.3 is 0 Å². The molecule has 0 unspecified atom stereocenters. The molecule has 0 saturated carbocycles. The number of benzene rings is 2. The summed E-state index contributed by atoms with van der Waals surface area (Å²) in [5.41, 5.74) is 2.85. The van der Waals surface area contributed by atoms with Crippen LogP contribution in [0.25, 0.3) is 10.8 Å². The average Bonchev–Trinajstić information content (AvgIpc) is 2.57. The first-order valence-corrected chi connectivity index (χ1v) is 5.25. The summed E-state index contributed by atoms with van der Waals surface area (Å²) >= 11 is 0. The van der Waals surface area contributed by atoms with Crippen molar-refractivity contribution in [2.24, 2.45) is 0 Å². The molecule has 1 aliphatic rings. The Bertz CT molecular complexity index is 604. The van der Waals surface area contributed by atoms with Crippen molar-refractivity contribution < 1.29 is 4.79 Å². The van der Waals surface area contributed by atoms with Gasteiger partial charge in [-0.1, -0.05) is 12.1 Å². The second-order valence-electron chi connectivity index (χ2n) is 3.97. The molecule has 0 aliphatic carbocycles. The van der Waals surface area contributed by atoms with Crippen LogP contribution < -0.4 is 10.2 Å². The molecule has 1 aliphatic heterocycles. The predicted octanol–water partition coefficient (Wildman–Crippen LogP) is 2.47. The van der Waals surface area contributed by atoms with E-state index in [1.165, 1.54) is 0 Å². The zero-order chi connectivity index (χ0) is 11.3. The van der Waals surface area contributed by atoms with Gasteiger partial charge in [-0.25, -0.2) is 0 Å². The number of hydrogen-bond acceptors (Lipinski definition) is 2. The Morgan fingerprint density at radius 3 is 2.75 bits per heavy atom. The summed E-state index contributed by atoms with van der Waals surface area (Å²) in [5.74, 6) is 0.0776. The summed E-state index contributed by atoms with van der Waals surface area (Å²) in [6.07, 6.45) is 0. The van der Waals surface area contributed by atoms with E-state index in [9.17, 15) is 4.79 Å². The Morgan fingerprint density at radius 2 is 2.00 bits per heavy atom. The monoisotopic (exact) mass is 212 g/mol. The molecule has 0 spiro atoms. The third kappa shape index (κ3) is 0.949. The van der Waals surface area contributed by atoms with E-state index >= 15 is 0 Å². The fourth-order valence-corrected chi connectivity index (χ4v) is 2.35. The van der Waals surface area contributed by atoms with E-state index in [-0.39, 0.29) is 5.91 Å². The van der Waals surface area contributed by atoms with Crippen LogP contribution in [0.5, 0.6) is 0 Å². The third-order valence-corrected chi connectivity index (χ3v) is 3.18. The van der Waals surface area contributed by atoms with Gasteiger partial charge < -0.3 is 10.2 Å². The molecule has 0 atom stereocenters. The molecule has 2 aromatic rings. The number of amides is 1. The lowest BCUT2D eigenvalue weighted by atomic mass is 10.0. The number of carbonyl (C=O) groups is 1. The number of carbonyl (C=O) groups excluding carboxylic acids is 1. The van der Waals surface area contributed by atoms with Gasteiger partial charge in [-0.15, -0.1) is 0 Å². The average molecular weight is 212 g/mol. The highest BCUT2D eigenvalue weighted by molar-refractivity contribution is 6.26. The molecule has 3 nitrogen and oxygen atoms in total. The molecular weight excluding hydrogens is 200 g/mol. The van der Waals surface area contributed by atoms with Crippen LogP contribution in [-0.4, -0.2) is 20.0 Å². The molecule has 3 heteroatoms. The van der Waals surface area contributed by atoms with Gasteiger partial charge in [-0.3, -0.25) is 4.79 Å². The highest BCUT2D eigenvalue weighted by atomic mass is 16.2. The van der Waals surface area contributed by atoms with Crippen molar-refractivity contribution in [1.82, 2.24) is 0 Å². The van der Waals surface area contributed by atoms with Crippen LogP contribution in [0.2, 0.25) is 0 Å². The minimum atomic E-state index is 0.0776. The molecule has 1 heterocycles. The quantitative estimate of drug-likeness (QED) is 0.787. The smallest absolute Gasteiger partial charge is 0.258 e. The third-order valence-electron chi connectivity index (χ3n) is 3.18. The SMILES string of the molecule is CNc1ccc2c3c(cccc13)C(=O)N2C. The maximum Gasteiger partial charge on any atom is 0.258 e. The van der Waals surface area contributed by atoms with E-state index in [1.807, 2.05) is 44.4 Å². The van der Waals surface area contributed by atoms with E-state index in [1.54, 1.807) is 4.90 Å². The summed E-state index contributed by atoms with van der Waals surface area (Å²) in [4.78, 5) is 13.7. The van der Waals surface area contributed by atoms with Gasteiger partial charge in [-0.2, -0.15) is 0 Å². The Morgan fingerprint density at radius 1 is 1.19 bits per heavy atom. The standard InChI is InChI=1S/C13H12N2O/c1-14-10-6-7-11-12-8(10)4-3-5-9(12)13(16)15(11)2/h3-7,14H,1-2H3. The molecule has 0 bridgehead atoms. The predicted molar refractivity (Wildman–Crippen MR) is 66.2 cm³/mol. The van der Waals surface area contributed by atoms with Crippen LogP contribution in [0.3, 0.4) is 0 Å². The minimum Gasteiger partial charge on any atom is -0.388 e. The summed E-state index contributed by atoms with van der Waals surface area (Å²) in [6.45, 7) is 0. The lowest BCUT2D eigenvalue weighted by Gasteiger charge is -2.11. The number of nitrogens with one attached hydrogen (secondary N) is 1. The first-order valence-electron chi connectivity index (χ1n) is 5.25. The molecule has 0 saturated heterocycles. The van der Waals surface area contributed by atoms with E-state index in [4.69, 9.17) is 0 Å². The molecule has 1 N–H and O–H groups in total. The zero-order valence-corrected chi connectivity index (χ0v) is 9.24. The summed E-state index contributed by atoms with van der Waals surface area (Å²) < 4.78 is 0. The van der Waals surface area contributed by atoms with Crippen LogP contribution in [0, 0.1) is 0 Å². The normalized spacial score (nSPS) is 13.6. The first-order chi connectivity index (χ1) is 7.74. The van der Waals surface area contributed by atoms with Crippen molar-refractivity contribution in [2.45, 2.75) is 0 Å². The van der Waals surface area contributed by atoms with Gasteiger partial charge in [-0.05, 0) is 18.2 Å². The number of anilines is 2. The fraction of sp³-hybridized carbons (Fsp3) is 0.154. The maximum atomic E-state index is 12.0. The fourth-order valence-electron chi connectivity index (χ4n) is 2.35. The van der Waals surface area contributed by atoms with Gasteiger partial charge in [0.05, 0.1) is 5.69 Å². The highest BCUT2D eigenvalue weighted by Gasteiger charge is 2.27. The largest absolute Gasteiger partial charge is 0.388 e. The first kappa shape index (κ1) is 9.21. The van der Waals surface area contributed by atoms with E-state index in [0.29, 0.717) is 0 Å². The Balaban J connectivity index is 2.49. The van der Waals surface area contributed by atoms with Crippen LogP contribution in [-0.2, 0) is 0 Å². The second kappa shape index (κ2) is 2.98. The second-order valence-corrected chi connectivity index (χ2v) is 3.97. The van der Waals surface area contributed by atoms with E-state index in [2.05, 4.69) is 5.32 Å². The van der Waals surface area contributed by atoms with E-state index in [0.717, 1.165) is 27.7 Å². The summed E-state index contributed by atoms with van der Waals surface area (Å²) in [6, 6.07) is 9.86. The molecule has 0 fully saturated rings. The van der Waals surface area contributed by atoms with Gasteiger partial charge in [0.25, 0.3) is 5.91 Å². The van der Waals surface area contributed by atoms with Crippen molar-refractivity contribution in [1.29, 1.82) is 0 Å². The Kier molecular flexibility index (Phi) is 1.72. The summed E-state index contributed by atoms with van der Waals surface area (Å²) in [7, 11) is 3.71. The molecule has 0 radical (unpaired) electrons. The van der Waals surface area contributed by atoms with Crippen molar-refractivity contribution in [2.75, 3.05) is 24.3 Å². The Labute approximate surface area is 93.7 Å². The highest BCUT2D eigenvalue weighted by Crippen LogP contribution is 2.39. The molecular formula is C13H12N2O. The van der Waals surface area contributed by atoms with Crippen molar-refractivity contribution in [3.8, 4) is 0 Å². The van der Waals surface area contributed by atoms with Crippen molar-refractivity contribution >= 4 is 28.1 Å². The lowest BCUT2D eigenvalue weighted by molar-refractivity contribution is 0.0999. The van der Waals surface area contributed by atoms with Crippen molar-refractivity contribution in [3.05, 3.63) is 35.9 Å². The van der Waals surface area contributed by atoms with Crippen molar-refractivity contribution in [3.63, 3.8) is 0 Å². The lowest BCUT2D eigenvalue weighted by Crippen LogP contribution is -2.20. The molecule has 0 aromatic heterocycles. The van der Waals surface area contributed by atoms with Crippen LogP contribution >= 0.6 is 0 Å². The van der Waals surface area contributed by atoms with Crippen LogP contribution in [0.4, 0.5) is 11.4 Å². The maximum absolute atomic E-state index is 12.0. The van der Waals surface area contributed by atoms with Gasteiger partial charge in [0.15, 0.2) is 0 Å².